The van der Waals surface area contributed by atoms with E-state index >= 15 is 0 Å². The van der Waals surface area contributed by atoms with Gasteiger partial charge in [0.15, 0.2) is 11.9 Å². The van der Waals surface area contributed by atoms with Gasteiger partial charge in [0.25, 0.3) is 5.56 Å². The molecule has 3 heterocycles. The second-order valence-electron chi connectivity index (χ2n) is 4.56. The van der Waals surface area contributed by atoms with Crippen molar-refractivity contribution in [3.05, 3.63) is 22.9 Å². The summed E-state index contributed by atoms with van der Waals surface area (Å²) >= 11 is 4.23. The van der Waals surface area contributed by atoms with Gasteiger partial charge in [0.05, 0.1) is 17.8 Å². The topological polar surface area (TPSA) is 100 Å². The second kappa shape index (κ2) is 4.34. The van der Waals surface area contributed by atoms with Crippen LogP contribution in [0.15, 0.2) is 22.2 Å². The molecule has 7 nitrogen and oxygen atoms in total. The first kappa shape index (κ1) is 12.7. The lowest BCUT2D eigenvalue weighted by molar-refractivity contribution is -0.0298. The van der Waals surface area contributed by atoms with E-state index in [4.69, 9.17) is 4.74 Å². The van der Waals surface area contributed by atoms with Crippen LogP contribution in [0.5, 0.6) is 0 Å². The van der Waals surface area contributed by atoms with Gasteiger partial charge in [-0.2, -0.15) is 0 Å². The van der Waals surface area contributed by atoms with E-state index in [1.54, 1.807) is 13.1 Å². The molecule has 0 bridgehead atoms. The lowest BCUT2D eigenvalue weighted by Gasteiger charge is -2.17. The molecule has 0 aliphatic carbocycles. The number of rotatable bonds is 1. The van der Waals surface area contributed by atoms with Gasteiger partial charge in [-0.3, -0.25) is 4.79 Å². The standard InChI is InChI=1S/C11H13N3O4S/c1-4-7(15)8(16)11(18-4)14-2-5(19)6-9(14)12-3-13-10(6)17/h2-4,7-8,11,15-16,19H,1H3,(H,12,13,17). The summed E-state index contributed by atoms with van der Waals surface area (Å²) in [7, 11) is 0. The zero-order chi connectivity index (χ0) is 13.7. The second-order valence-corrected chi connectivity index (χ2v) is 5.05. The first-order valence-corrected chi connectivity index (χ1v) is 6.24. The van der Waals surface area contributed by atoms with Crippen molar-refractivity contribution < 1.29 is 14.9 Å². The summed E-state index contributed by atoms with van der Waals surface area (Å²) < 4.78 is 7.03. The average molecular weight is 283 g/mol. The molecule has 0 amide bonds. The van der Waals surface area contributed by atoms with E-state index in [2.05, 4.69) is 22.6 Å². The van der Waals surface area contributed by atoms with Gasteiger partial charge in [0, 0.05) is 11.1 Å². The number of hydrogen-bond acceptors (Lipinski definition) is 6. The number of aromatic amines is 1. The Balaban J connectivity index is 2.17. The van der Waals surface area contributed by atoms with Crippen molar-refractivity contribution in [1.29, 1.82) is 0 Å². The van der Waals surface area contributed by atoms with E-state index in [1.165, 1.54) is 10.9 Å². The van der Waals surface area contributed by atoms with Gasteiger partial charge in [0.1, 0.15) is 12.2 Å². The van der Waals surface area contributed by atoms with E-state index in [1.807, 2.05) is 0 Å². The van der Waals surface area contributed by atoms with Crippen LogP contribution >= 0.6 is 12.6 Å². The van der Waals surface area contributed by atoms with E-state index in [0.717, 1.165) is 0 Å². The van der Waals surface area contributed by atoms with Crippen LogP contribution in [-0.4, -0.2) is 43.1 Å². The summed E-state index contributed by atoms with van der Waals surface area (Å²) in [6, 6.07) is 0. The number of aliphatic hydroxyl groups is 2. The Morgan fingerprint density at radius 1 is 1.47 bits per heavy atom. The van der Waals surface area contributed by atoms with Gasteiger partial charge >= 0.3 is 0 Å². The molecule has 2 aromatic heterocycles. The molecule has 1 aliphatic rings. The number of H-pyrrole nitrogens is 1. The predicted octanol–water partition coefficient (Wildman–Crippen LogP) is -0.348. The highest BCUT2D eigenvalue weighted by molar-refractivity contribution is 7.80. The number of fused-ring (bicyclic) bond motifs is 1. The molecule has 3 rings (SSSR count). The molecule has 0 spiro atoms. The highest BCUT2D eigenvalue weighted by atomic mass is 32.1. The summed E-state index contributed by atoms with van der Waals surface area (Å²) in [4.78, 5) is 18.7. The van der Waals surface area contributed by atoms with Crippen LogP contribution < -0.4 is 5.56 Å². The number of hydrogen-bond donors (Lipinski definition) is 4. The van der Waals surface area contributed by atoms with E-state index in [-0.39, 0.29) is 5.56 Å². The minimum absolute atomic E-state index is 0.310. The van der Waals surface area contributed by atoms with Crippen molar-refractivity contribution >= 4 is 23.7 Å². The number of aromatic nitrogens is 3. The molecule has 8 heteroatoms. The molecule has 3 N–H and O–H groups in total. The Bertz CT molecular complexity index is 682. The molecule has 0 radical (unpaired) electrons. The van der Waals surface area contributed by atoms with Crippen LogP contribution in [0.4, 0.5) is 0 Å². The molecule has 1 saturated heterocycles. The van der Waals surface area contributed by atoms with Crippen LogP contribution in [0.1, 0.15) is 13.2 Å². The molecule has 4 unspecified atom stereocenters. The normalized spacial score (nSPS) is 31.2. The van der Waals surface area contributed by atoms with Crippen molar-refractivity contribution in [1.82, 2.24) is 14.5 Å². The van der Waals surface area contributed by atoms with Gasteiger partial charge in [-0.05, 0) is 6.92 Å². The maximum absolute atomic E-state index is 11.7. The number of thiol groups is 1. The number of aliphatic hydroxyl groups excluding tert-OH is 2. The maximum atomic E-state index is 11.7. The molecule has 0 saturated carbocycles. The van der Waals surface area contributed by atoms with Gasteiger partial charge in [-0.1, -0.05) is 0 Å². The van der Waals surface area contributed by atoms with Crippen molar-refractivity contribution in [3.8, 4) is 0 Å². The fourth-order valence-electron chi connectivity index (χ4n) is 2.33. The zero-order valence-corrected chi connectivity index (χ0v) is 10.9. The maximum Gasteiger partial charge on any atom is 0.261 e. The molecule has 1 fully saturated rings. The highest BCUT2D eigenvalue weighted by Crippen LogP contribution is 2.32. The van der Waals surface area contributed by atoms with Crippen molar-refractivity contribution in [3.63, 3.8) is 0 Å². The van der Waals surface area contributed by atoms with Gasteiger partial charge in [-0.25, -0.2) is 4.98 Å². The number of ether oxygens (including phenoxy) is 1. The quantitative estimate of drug-likeness (QED) is 0.536. The Labute approximate surface area is 113 Å². The summed E-state index contributed by atoms with van der Waals surface area (Å²) in [6.07, 6.45) is -0.512. The molecule has 0 aromatic carbocycles. The fraction of sp³-hybridized carbons (Fsp3) is 0.455. The third-order valence-electron chi connectivity index (χ3n) is 3.35. The third-order valence-corrected chi connectivity index (χ3v) is 3.69. The van der Waals surface area contributed by atoms with Crippen LogP contribution in [0.3, 0.4) is 0 Å². The minimum atomic E-state index is -1.08. The van der Waals surface area contributed by atoms with E-state index in [0.29, 0.717) is 15.9 Å². The molecule has 2 aromatic rings. The minimum Gasteiger partial charge on any atom is -0.388 e. The largest absolute Gasteiger partial charge is 0.388 e. The van der Waals surface area contributed by atoms with Crippen molar-refractivity contribution in [2.75, 3.05) is 0 Å². The first-order valence-electron chi connectivity index (χ1n) is 5.79. The van der Waals surface area contributed by atoms with E-state index in [9.17, 15) is 15.0 Å². The summed E-state index contributed by atoms with van der Waals surface area (Å²) in [5.74, 6) is 0. The molecule has 19 heavy (non-hydrogen) atoms. The van der Waals surface area contributed by atoms with Crippen LogP contribution in [0.2, 0.25) is 0 Å². The summed E-state index contributed by atoms with van der Waals surface area (Å²) in [5, 5.41) is 20.0. The monoisotopic (exact) mass is 283 g/mol. The SMILES string of the molecule is CC1OC(n2cc(S)c3c(=O)[nH]cnc32)C(O)C1O. The molecular formula is C11H13N3O4S. The number of nitrogens with zero attached hydrogens (tertiary/aromatic N) is 2. The smallest absolute Gasteiger partial charge is 0.261 e. The number of nitrogens with one attached hydrogen (secondary N) is 1. The Morgan fingerprint density at radius 2 is 2.21 bits per heavy atom. The van der Waals surface area contributed by atoms with Crippen LogP contribution in [0.25, 0.3) is 11.0 Å². The lowest BCUT2D eigenvalue weighted by Crippen LogP contribution is -2.30. The Morgan fingerprint density at radius 3 is 2.84 bits per heavy atom. The van der Waals surface area contributed by atoms with Crippen molar-refractivity contribution in [2.24, 2.45) is 0 Å². The van der Waals surface area contributed by atoms with Gasteiger partial charge in [-0.15, -0.1) is 12.6 Å². The van der Waals surface area contributed by atoms with Crippen molar-refractivity contribution in [2.45, 2.75) is 36.4 Å². The van der Waals surface area contributed by atoms with E-state index < -0.39 is 24.5 Å². The lowest BCUT2D eigenvalue weighted by atomic mass is 10.1. The highest BCUT2D eigenvalue weighted by Gasteiger charge is 2.42. The molecular weight excluding hydrogens is 270 g/mol. The van der Waals surface area contributed by atoms with Crippen LogP contribution in [0, 0.1) is 0 Å². The Kier molecular flexibility index (Phi) is 2.90. The van der Waals surface area contributed by atoms with Gasteiger partial charge in [0.2, 0.25) is 0 Å². The first-order chi connectivity index (χ1) is 9.00. The molecule has 4 atom stereocenters. The third kappa shape index (κ3) is 1.79. The predicted molar refractivity (Wildman–Crippen MR) is 69.2 cm³/mol. The van der Waals surface area contributed by atoms with Crippen LogP contribution in [-0.2, 0) is 4.74 Å². The average Bonchev–Trinajstić information content (AvgIpc) is 2.83. The summed E-state index contributed by atoms with van der Waals surface area (Å²) in [6.45, 7) is 1.67. The molecule has 1 aliphatic heterocycles. The fourth-order valence-corrected chi connectivity index (χ4v) is 2.65. The zero-order valence-electron chi connectivity index (χ0n) is 10.0. The molecule has 102 valence electrons. The Hall–Kier alpha value is -1.35. The summed E-state index contributed by atoms with van der Waals surface area (Å²) in [5.41, 5.74) is 0.0499. The van der Waals surface area contributed by atoms with Gasteiger partial charge < -0.3 is 24.5 Å².